The lowest BCUT2D eigenvalue weighted by Crippen LogP contribution is -2.19. The minimum atomic E-state index is 0.404. The lowest BCUT2D eigenvalue weighted by atomic mass is 10.2. The van der Waals surface area contributed by atoms with E-state index in [1.54, 1.807) is 30.6 Å². The average Bonchev–Trinajstić information content (AvgIpc) is 2.39. The second-order valence-electron chi connectivity index (χ2n) is 5.08. The highest BCUT2D eigenvalue weighted by atomic mass is 35.5. The monoisotopic (exact) mass is 325 g/mol. The highest BCUT2D eigenvalue weighted by Gasteiger charge is 2.03. The fourth-order valence-corrected chi connectivity index (χ4v) is 2.19. The molecule has 1 heterocycles. The van der Waals surface area contributed by atoms with E-state index in [9.17, 15) is 0 Å². The summed E-state index contributed by atoms with van der Waals surface area (Å²) in [6.07, 6.45) is 3.27. The smallest absolute Gasteiger partial charge is 0.237 e. The van der Waals surface area contributed by atoms with Crippen LogP contribution in [0.3, 0.4) is 0 Å². The lowest BCUT2D eigenvalue weighted by Gasteiger charge is -2.08. The van der Waals surface area contributed by atoms with E-state index in [-0.39, 0.29) is 0 Å². The first-order chi connectivity index (χ1) is 10.0. The topological polar surface area (TPSA) is 47.0 Å². The van der Waals surface area contributed by atoms with Gasteiger partial charge in [0, 0.05) is 16.6 Å². The van der Waals surface area contributed by atoms with E-state index >= 15 is 0 Å². The molecule has 0 aliphatic heterocycles. The van der Waals surface area contributed by atoms with Gasteiger partial charge in [-0.25, -0.2) is 4.98 Å². The van der Waals surface area contributed by atoms with Crippen molar-refractivity contribution in [2.75, 3.05) is 6.54 Å². The SMILES string of the molecule is CC(C)CNCc1cnc(Oc2cc(Cl)cc(Cl)c2)cn1. The fraction of sp³-hybridized carbons (Fsp3) is 0.333. The van der Waals surface area contributed by atoms with Crippen molar-refractivity contribution in [2.24, 2.45) is 5.92 Å². The van der Waals surface area contributed by atoms with E-state index in [1.165, 1.54) is 0 Å². The number of hydrogen-bond donors (Lipinski definition) is 1. The number of rotatable bonds is 6. The Labute approximate surface area is 134 Å². The second kappa shape index (κ2) is 7.59. The highest BCUT2D eigenvalue weighted by Crippen LogP contribution is 2.27. The average molecular weight is 326 g/mol. The van der Waals surface area contributed by atoms with Gasteiger partial charge in [-0.05, 0) is 30.7 Å². The molecule has 0 aliphatic carbocycles. The molecular formula is C15H17Cl2N3O. The van der Waals surface area contributed by atoms with Crippen LogP contribution in [0.5, 0.6) is 11.6 Å². The van der Waals surface area contributed by atoms with Gasteiger partial charge in [-0.3, -0.25) is 4.98 Å². The van der Waals surface area contributed by atoms with E-state index in [2.05, 4.69) is 29.1 Å². The van der Waals surface area contributed by atoms with E-state index in [1.807, 2.05) is 0 Å². The summed E-state index contributed by atoms with van der Waals surface area (Å²) in [6, 6.07) is 4.99. The first kappa shape index (κ1) is 16.0. The zero-order chi connectivity index (χ0) is 15.2. The van der Waals surface area contributed by atoms with Crippen LogP contribution >= 0.6 is 23.2 Å². The molecule has 0 spiro atoms. The summed E-state index contributed by atoms with van der Waals surface area (Å²) >= 11 is 11.8. The Morgan fingerprint density at radius 1 is 1.10 bits per heavy atom. The number of hydrogen-bond acceptors (Lipinski definition) is 4. The normalized spacial score (nSPS) is 10.9. The minimum absolute atomic E-state index is 0.404. The number of benzene rings is 1. The van der Waals surface area contributed by atoms with Crippen molar-refractivity contribution < 1.29 is 4.74 Å². The minimum Gasteiger partial charge on any atom is -0.437 e. The van der Waals surface area contributed by atoms with Gasteiger partial charge in [0.05, 0.1) is 18.1 Å². The van der Waals surface area contributed by atoms with Crippen molar-refractivity contribution >= 4 is 23.2 Å². The molecular weight excluding hydrogens is 309 g/mol. The quantitative estimate of drug-likeness (QED) is 0.859. The van der Waals surface area contributed by atoms with Crippen LogP contribution in [0.1, 0.15) is 19.5 Å². The Hall–Kier alpha value is -1.36. The van der Waals surface area contributed by atoms with E-state index in [0.717, 1.165) is 12.2 Å². The molecule has 0 saturated carbocycles. The van der Waals surface area contributed by atoms with Crippen LogP contribution in [0.25, 0.3) is 0 Å². The predicted molar refractivity (Wildman–Crippen MR) is 85.1 cm³/mol. The van der Waals surface area contributed by atoms with Crippen LogP contribution in [0.15, 0.2) is 30.6 Å². The van der Waals surface area contributed by atoms with Crippen molar-refractivity contribution in [2.45, 2.75) is 20.4 Å². The molecule has 2 rings (SSSR count). The van der Waals surface area contributed by atoms with Crippen molar-refractivity contribution in [1.29, 1.82) is 0 Å². The summed E-state index contributed by atoms with van der Waals surface area (Å²) in [5.74, 6) is 1.54. The largest absolute Gasteiger partial charge is 0.437 e. The predicted octanol–water partition coefficient (Wildman–Crippen LogP) is 4.32. The molecule has 4 nitrogen and oxygen atoms in total. The third-order valence-electron chi connectivity index (χ3n) is 2.60. The summed E-state index contributed by atoms with van der Waals surface area (Å²) in [6.45, 7) is 5.95. The fourth-order valence-electron chi connectivity index (χ4n) is 1.68. The van der Waals surface area contributed by atoms with Crippen molar-refractivity contribution in [3.63, 3.8) is 0 Å². The molecule has 2 aromatic rings. The Balaban J connectivity index is 1.95. The van der Waals surface area contributed by atoms with Gasteiger partial charge in [-0.1, -0.05) is 37.0 Å². The van der Waals surface area contributed by atoms with Gasteiger partial charge in [0.15, 0.2) is 0 Å². The molecule has 112 valence electrons. The maximum Gasteiger partial charge on any atom is 0.237 e. The highest BCUT2D eigenvalue weighted by molar-refractivity contribution is 6.34. The molecule has 0 fully saturated rings. The van der Waals surface area contributed by atoms with Gasteiger partial charge in [0.2, 0.25) is 5.88 Å². The molecule has 0 amide bonds. The standard InChI is InChI=1S/C15H17Cl2N3O/c1-10(2)6-18-7-13-8-20-15(9-19-13)21-14-4-11(16)3-12(17)5-14/h3-5,8-10,18H,6-7H2,1-2H3. The number of ether oxygens (including phenoxy) is 1. The second-order valence-corrected chi connectivity index (χ2v) is 5.95. The third-order valence-corrected chi connectivity index (χ3v) is 3.04. The van der Waals surface area contributed by atoms with Gasteiger partial charge in [0.25, 0.3) is 0 Å². The molecule has 0 bridgehead atoms. The van der Waals surface area contributed by atoms with E-state index in [4.69, 9.17) is 27.9 Å². The molecule has 0 aliphatic rings. The van der Waals surface area contributed by atoms with Gasteiger partial charge in [0.1, 0.15) is 5.75 Å². The number of halogens is 2. The van der Waals surface area contributed by atoms with Crippen molar-refractivity contribution in [1.82, 2.24) is 15.3 Å². The summed E-state index contributed by atoms with van der Waals surface area (Å²) < 4.78 is 5.57. The van der Waals surface area contributed by atoms with Crippen LogP contribution < -0.4 is 10.1 Å². The van der Waals surface area contributed by atoms with Gasteiger partial charge in [-0.15, -0.1) is 0 Å². The third kappa shape index (κ3) is 5.50. The van der Waals surface area contributed by atoms with Gasteiger partial charge < -0.3 is 10.1 Å². The molecule has 1 aromatic heterocycles. The summed E-state index contributed by atoms with van der Waals surface area (Å²) in [7, 11) is 0. The van der Waals surface area contributed by atoms with Crippen molar-refractivity contribution in [3.8, 4) is 11.6 Å². The molecule has 1 aromatic carbocycles. The molecule has 0 atom stereocenters. The van der Waals surface area contributed by atoms with Crippen molar-refractivity contribution in [3.05, 3.63) is 46.3 Å². The van der Waals surface area contributed by atoms with Crippen LogP contribution in [-0.2, 0) is 6.54 Å². The summed E-state index contributed by atoms with van der Waals surface area (Å²) in [5, 5.41) is 4.33. The van der Waals surface area contributed by atoms with Crippen LogP contribution in [0.2, 0.25) is 10.0 Å². The maximum absolute atomic E-state index is 5.92. The first-order valence-electron chi connectivity index (χ1n) is 6.68. The maximum atomic E-state index is 5.92. The Morgan fingerprint density at radius 3 is 2.38 bits per heavy atom. The molecule has 21 heavy (non-hydrogen) atoms. The molecule has 0 unspecified atom stereocenters. The number of nitrogens with zero attached hydrogens (tertiary/aromatic N) is 2. The van der Waals surface area contributed by atoms with E-state index < -0.39 is 0 Å². The Morgan fingerprint density at radius 2 is 1.81 bits per heavy atom. The van der Waals surface area contributed by atoms with Crippen LogP contribution in [-0.4, -0.2) is 16.5 Å². The molecule has 0 radical (unpaired) electrons. The molecule has 6 heteroatoms. The van der Waals surface area contributed by atoms with Gasteiger partial charge in [-0.2, -0.15) is 0 Å². The molecule has 0 saturated heterocycles. The summed E-state index contributed by atoms with van der Waals surface area (Å²) in [5.41, 5.74) is 0.868. The van der Waals surface area contributed by atoms with Crippen LogP contribution in [0.4, 0.5) is 0 Å². The van der Waals surface area contributed by atoms with Gasteiger partial charge >= 0.3 is 0 Å². The zero-order valence-electron chi connectivity index (χ0n) is 11.9. The molecule has 1 N–H and O–H groups in total. The zero-order valence-corrected chi connectivity index (χ0v) is 13.4. The lowest BCUT2D eigenvalue weighted by molar-refractivity contribution is 0.458. The summed E-state index contributed by atoms with van der Waals surface area (Å²) in [4.78, 5) is 8.52. The first-order valence-corrected chi connectivity index (χ1v) is 7.44. The number of aromatic nitrogens is 2. The van der Waals surface area contributed by atoms with Crippen LogP contribution in [0, 0.1) is 5.92 Å². The number of nitrogens with one attached hydrogen (secondary N) is 1. The Bertz CT molecular complexity index is 568. The van der Waals surface area contributed by atoms with E-state index in [0.29, 0.717) is 34.1 Å². The Kier molecular flexibility index (Phi) is 5.79.